The van der Waals surface area contributed by atoms with Crippen LogP contribution in [0.4, 0.5) is 9.52 Å². The highest BCUT2D eigenvalue weighted by Gasteiger charge is 2.22. The van der Waals surface area contributed by atoms with Crippen LogP contribution in [0.5, 0.6) is 0 Å². The number of halogens is 1. The SMILES string of the molecule is OC1CCCCC1CCCNc1nn2cc(-c3ccc(F)cc3)nc2s1. The third-order valence-corrected chi connectivity index (χ3v) is 5.96. The summed E-state index contributed by atoms with van der Waals surface area (Å²) < 4.78 is 14.8. The van der Waals surface area contributed by atoms with Crippen molar-refractivity contribution in [2.45, 2.75) is 44.6 Å². The lowest BCUT2D eigenvalue weighted by molar-refractivity contribution is 0.0648. The Hall–Kier alpha value is -1.99. The van der Waals surface area contributed by atoms with E-state index in [1.165, 1.54) is 29.9 Å². The van der Waals surface area contributed by atoms with Crippen molar-refractivity contribution in [1.29, 1.82) is 0 Å². The van der Waals surface area contributed by atoms with Crippen molar-refractivity contribution in [2.24, 2.45) is 5.92 Å². The molecule has 2 heterocycles. The van der Waals surface area contributed by atoms with E-state index in [0.29, 0.717) is 5.92 Å². The number of hydrogen-bond acceptors (Lipinski definition) is 5. The van der Waals surface area contributed by atoms with Crippen LogP contribution in [-0.4, -0.2) is 32.4 Å². The highest BCUT2D eigenvalue weighted by molar-refractivity contribution is 7.20. The van der Waals surface area contributed by atoms with Crippen LogP contribution in [0.15, 0.2) is 30.5 Å². The first kappa shape index (κ1) is 17.4. The molecule has 0 radical (unpaired) electrons. The van der Waals surface area contributed by atoms with Crippen molar-refractivity contribution in [3.8, 4) is 11.3 Å². The number of imidazole rings is 1. The molecule has 2 unspecified atom stereocenters. The number of nitrogens with one attached hydrogen (secondary N) is 1. The second kappa shape index (κ2) is 7.72. The Bertz CT molecular complexity index is 829. The smallest absolute Gasteiger partial charge is 0.214 e. The maximum atomic E-state index is 13.0. The second-order valence-electron chi connectivity index (χ2n) is 6.95. The molecular formula is C19H23FN4OS. The van der Waals surface area contributed by atoms with E-state index in [1.807, 2.05) is 6.20 Å². The molecule has 1 saturated carbocycles. The zero-order valence-corrected chi connectivity index (χ0v) is 15.4. The molecule has 3 aromatic rings. The standard InChI is InChI=1S/C19H23FN4OS/c20-15-9-7-13(8-10-15)16-12-24-19(22-16)26-18(23-24)21-11-3-5-14-4-1-2-6-17(14)25/h7-10,12,14,17,25H,1-6,11H2,(H,21,23). The van der Waals surface area contributed by atoms with Crippen LogP contribution in [-0.2, 0) is 0 Å². The number of aliphatic hydroxyl groups excluding tert-OH is 1. The maximum Gasteiger partial charge on any atom is 0.214 e. The van der Waals surface area contributed by atoms with Crippen LogP contribution < -0.4 is 5.32 Å². The number of hydrogen-bond donors (Lipinski definition) is 2. The van der Waals surface area contributed by atoms with Gasteiger partial charge in [0.2, 0.25) is 10.1 Å². The van der Waals surface area contributed by atoms with Gasteiger partial charge in [0.25, 0.3) is 0 Å². The number of rotatable bonds is 6. The van der Waals surface area contributed by atoms with Crippen molar-refractivity contribution < 1.29 is 9.50 Å². The van der Waals surface area contributed by atoms with Crippen molar-refractivity contribution in [1.82, 2.24) is 14.6 Å². The number of anilines is 1. The zero-order valence-electron chi connectivity index (χ0n) is 14.6. The lowest BCUT2D eigenvalue weighted by atomic mass is 9.83. The Morgan fingerprint density at radius 3 is 2.81 bits per heavy atom. The highest BCUT2D eigenvalue weighted by Crippen LogP contribution is 2.28. The summed E-state index contributed by atoms with van der Waals surface area (Å²) in [5, 5.41) is 18.7. The van der Waals surface area contributed by atoms with E-state index >= 15 is 0 Å². The minimum Gasteiger partial charge on any atom is -0.393 e. The van der Waals surface area contributed by atoms with E-state index in [9.17, 15) is 9.50 Å². The Morgan fingerprint density at radius 1 is 1.23 bits per heavy atom. The predicted octanol–water partition coefficient (Wildman–Crippen LogP) is 4.34. The van der Waals surface area contributed by atoms with Gasteiger partial charge in [-0.2, -0.15) is 0 Å². The molecule has 2 N–H and O–H groups in total. The number of nitrogens with zero attached hydrogens (tertiary/aromatic N) is 3. The lowest BCUT2D eigenvalue weighted by Gasteiger charge is -2.27. The average Bonchev–Trinajstić information content (AvgIpc) is 3.19. The third-order valence-electron chi connectivity index (χ3n) is 5.08. The summed E-state index contributed by atoms with van der Waals surface area (Å²) in [6.07, 6.45) is 8.36. The van der Waals surface area contributed by atoms with Gasteiger partial charge in [-0.3, -0.25) is 0 Å². The normalized spacial score (nSPS) is 20.5. The quantitative estimate of drug-likeness (QED) is 0.630. The molecule has 0 saturated heterocycles. The Kier molecular flexibility index (Phi) is 5.17. The zero-order chi connectivity index (χ0) is 17.9. The van der Waals surface area contributed by atoms with Gasteiger partial charge in [0.1, 0.15) is 5.82 Å². The first-order valence-corrected chi connectivity index (χ1v) is 10.0. The molecule has 5 nitrogen and oxygen atoms in total. The molecule has 1 aliphatic carbocycles. The summed E-state index contributed by atoms with van der Waals surface area (Å²) in [6, 6.07) is 6.32. The molecule has 0 bridgehead atoms. The summed E-state index contributed by atoms with van der Waals surface area (Å²) in [7, 11) is 0. The largest absolute Gasteiger partial charge is 0.393 e. The van der Waals surface area contributed by atoms with Crippen LogP contribution in [0.1, 0.15) is 38.5 Å². The van der Waals surface area contributed by atoms with Crippen LogP contribution >= 0.6 is 11.3 Å². The minimum absolute atomic E-state index is 0.114. The van der Waals surface area contributed by atoms with Gasteiger partial charge in [-0.05, 0) is 55.9 Å². The third kappa shape index (κ3) is 3.88. The molecule has 138 valence electrons. The molecule has 4 rings (SSSR count). The molecule has 26 heavy (non-hydrogen) atoms. The molecule has 7 heteroatoms. The first-order chi connectivity index (χ1) is 12.7. The molecular weight excluding hydrogens is 351 g/mol. The van der Waals surface area contributed by atoms with E-state index in [2.05, 4.69) is 15.4 Å². The Balaban J connectivity index is 1.32. The van der Waals surface area contributed by atoms with E-state index in [1.54, 1.807) is 16.6 Å². The highest BCUT2D eigenvalue weighted by atomic mass is 32.1. The van der Waals surface area contributed by atoms with Gasteiger partial charge in [0.05, 0.1) is 18.0 Å². The van der Waals surface area contributed by atoms with Gasteiger partial charge in [-0.1, -0.05) is 24.2 Å². The summed E-state index contributed by atoms with van der Waals surface area (Å²) in [4.78, 5) is 5.38. The molecule has 0 aliphatic heterocycles. The van der Waals surface area contributed by atoms with E-state index in [0.717, 1.165) is 60.0 Å². The number of aromatic nitrogens is 3. The fourth-order valence-electron chi connectivity index (χ4n) is 3.62. The van der Waals surface area contributed by atoms with Gasteiger partial charge < -0.3 is 10.4 Å². The van der Waals surface area contributed by atoms with E-state index in [4.69, 9.17) is 0 Å². The number of fused-ring (bicyclic) bond motifs is 1. The van der Waals surface area contributed by atoms with Crippen LogP contribution in [0.25, 0.3) is 16.2 Å². The first-order valence-electron chi connectivity index (χ1n) is 9.23. The van der Waals surface area contributed by atoms with Gasteiger partial charge in [-0.25, -0.2) is 13.9 Å². The Morgan fingerprint density at radius 2 is 2.04 bits per heavy atom. The fraction of sp³-hybridized carbons (Fsp3) is 0.474. The van der Waals surface area contributed by atoms with Crippen molar-refractivity contribution in [3.05, 3.63) is 36.3 Å². The molecule has 0 spiro atoms. The topological polar surface area (TPSA) is 62.5 Å². The van der Waals surface area contributed by atoms with E-state index in [-0.39, 0.29) is 11.9 Å². The van der Waals surface area contributed by atoms with Crippen molar-refractivity contribution in [3.63, 3.8) is 0 Å². The molecule has 1 fully saturated rings. The summed E-state index contributed by atoms with van der Waals surface area (Å²) in [6.45, 7) is 0.852. The minimum atomic E-state index is -0.250. The molecule has 0 amide bonds. The summed E-state index contributed by atoms with van der Waals surface area (Å²) in [5.74, 6) is 0.206. The molecule has 2 aromatic heterocycles. The second-order valence-corrected chi connectivity index (χ2v) is 7.90. The molecule has 1 aliphatic rings. The average molecular weight is 374 g/mol. The number of aliphatic hydroxyl groups is 1. The number of benzene rings is 1. The van der Waals surface area contributed by atoms with Crippen LogP contribution in [0.2, 0.25) is 0 Å². The fourth-order valence-corrected chi connectivity index (χ4v) is 4.42. The van der Waals surface area contributed by atoms with Gasteiger partial charge >= 0.3 is 0 Å². The van der Waals surface area contributed by atoms with Crippen LogP contribution in [0, 0.1) is 11.7 Å². The monoisotopic (exact) mass is 374 g/mol. The van der Waals surface area contributed by atoms with Crippen molar-refractivity contribution in [2.75, 3.05) is 11.9 Å². The molecule has 1 aromatic carbocycles. The van der Waals surface area contributed by atoms with E-state index < -0.39 is 0 Å². The summed E-state index contributed by atoms with van der Waals surface area (Å²) in [5.41, 5.74) is 1.67. The predicted molar refractivity (Wildman–Crippen MR) is 102 cm³/mol. The lowest BCUT2D eigenvalue weighted by Crippen LogP contribution is -2.24. The van der Waals surface area contributed by atoms with Gasteiger partial charge in [0.15, 0.2) is 0 Å². The van der Waals surface area contributed by atoms with Crippen molar-refractivity contribution >= 4 is 21.4 Å². The Labute approximate surface area is 155 Å². The van der Waals surface area contributed by atoms with Gasteiger partial charge in [-0.15, -0.1) is 5.10 Å². The maximum absolute atomic E-state index is 13.0. The molecule has 2 atom stereocenters. The summed E-state index contributed by atoms with van der Waals surface area (Å²) >= 11 is 1.51. The van der Waals surface area contributed by atoms with Gasteiger partial charge in [0, 0.05) is 12.1 Å². The van der Waals surface area contributed by atoms with Crippen LogP contribution in [0.3, 0.4) is 0 Å².